The van der Waals surface area contributed by atoms with E-state index >= 15 is 0 Å². The number of alkyl halides is 3. The smallest absolute Gasteiger partial charge is 0.391 e. The number of hydrogen-bond acceptors (Lipinski definition) is 4. The summed E-state index contributed by atoms with van der Waals surface area (Å²) in [4.78, 5) is 13.4. The SMILES string of the molecule is Nc1c(OC2CCC(C(F)(F)F)CC2)ccc2ccc(CN3CCC(C(=O)O)CC3)cc12. The number of likely N-dealkylation sites (tertiary alicyclic amines) is 1. The van der Waals surface area contributed by atoms with Gasteiger partial charge >= 0.3 is 12.1 Å². The zero-order chi connectivity index (χ0) is 22.9. The lowest BCUT2D eigenvalue weighted by atomic mass is 9.87. The molecule has 0 atom stereocenters. The molecule has 1 saturated heterocycles. The first kappa shape index (κ1) is 22.7. The fraction of sp³-hybridized carbons (Fsp3) is 0.542. The number of rotatable bonds is 5. The van der Waals surface area contributed by atoms with E-state index in [-0.39, 0.29) is 24.9 Å². The van der Waals surface area contributed by atoms with Crippen molar-refractivity contribution in [3.05, 3.63) is 35.9 Å². The van der Waals surface area contributed by atoms with Gasteiger partial charge in [-0.15, -0.1) is 0 Å². The van der Waals surface area contributed by atoms with Gasteiger partial charge in [0.2, 0.25) is 0 Å². The topological polar surface area (TPSA) is 75.8 Å². The van der Waals surface area contributed by atoms with Crippen LogP contribution in [0.5, 0.6) is 5.75 Å². The van der Waals surface area contributed by atoms with Crippen LogP contribution in [-0.2, 0) is 11.3 Å². The van der Waals surface area contributed by atoms with Gasteiger partial charge in [-0.05, 0) is 74.7 Å². The first-order chi connectivity index (χ1) is 15.2. The predicted octanol–water partition coefficient (Wildman–Crippen LogP) is 5.22. The Kier molecular flexibility index (Phi) is 6.51. The highest BCUT2D eigenvalue weighted by Crippen LogP contribution is 2.40. The Balaban J connectivity index is 1.42. The Hall–Kier alpha value is -2.48. The molecule has 1 heterocycles. The molecule has 8 heteroatoms. The number of anilines is 1. The molecule has 1 saturated carbocycles. The summed E-state index contributed by atoms with van der Waals surface area (Å²) < 4.78 is 44.7. The third-order valence-corrected chi connectivity index (χ3v) is 6.86. The minimum atomic E-state index is -4.13. The molecular weight excluding hydrogens is 421 g/mol. The summed E-state index contributed by atoms with van der Waals surface area (Å²) in [6.45, 7) is 2.21. The number of aliphatic carboxylic acids is 1. The van der Waals surface area contributed by atoms with E-state index < -0.39 is 18.1 Å². The summed E-state index contributed by atoms with van der Waals surface area (Å²) in [6.07, 6.45) is -2.17. The maximum atomic E-state index is 12.9. The lowest BCUT2D eigenvalue weighted by Gasteiger charge is -2.30. The van der Waals surface area contributed by atoms with Crippen LogP contribution in [0.1, 0.15) is 44.1 Å². The fourth-order valence-corrected chi connectivity index (χ4v) is 4.85. The van der Waals surface area contributed by atoms with Crippen LogP contribution in [0.4, 0.5) is 18.9 Å². The van der Waals surface area contributed by atoms with Crippen molar-refractivity contribution in [2.24, 2.45) is 11.8 Å². The second-order valence-corrected chi connectivity index (χ2v) is 9.05. The molecule has 2 aromatic carbocycles. The molecule has 2 fully saturated rings. The van der Waals surface area contributed by atoms with Crippen molar-refractivity contribution in [3.8, 4) is 5.75 Å². The van der Waals surface area contributed by atoms with E-state index in [9.17, 15) is 18.0 Å². The van der Waals surface area contributed by atoms with Crippen LogP contribution in [-0.4, -0.2) is 41.3 Å². The summed E-state index contributed by atoms with van der Waals surface area (Å²) in [5.41, 5.74) is 7.99. The van der Waals surface area contributed by atoms with Crippen LogP contribution >= 0.6 is 0 Å². The van der Waals surface area contributed by atoms with E-state index in [4.69, 9.17) is 15.6 Å². The average Bonchev–Trinajstić information content (AvgIpc) is 2.76. The van der Waals surface area contributed by atoms with Crippen LogP contribution in [0.3, 0.4) is 0 Å². The van der Waals surface area contributed by atoms with Gasteiger partial charge in [-0.2, -0.15) is 13.2 Å². The zero-order valence-corrected chi connectivity index (χ0v) is 17.9. The van der Waals surface area contributed by atoms with E-state index in [2.05, 4.69) is 4.90 Å². The molecular formula is C24H29F3N2O3. The fourth-order valence-electron chi connectivity index (χ4n) is 4.85. The van der Waals surface area contributed by atoms with Crippen LogP contribution in [0, 0.1) is 11.8 Å². The number of nitrogens with two attached hydrogens (primary N) is 1. The van der Waals surface area contributed by atoms with E-state index in [1.54, 1.807) is 6.07 Å². The van der Waals surface area contributed by atoms with Gasteiger partial charge in [0.05, 0.1) is 23.6 Å². The molecule has 1 aliphatic heterocycles. The van der Waals surface area contributed by atoms with Crippen molar-refractivity contribution in [2.45, 2.75) is 57.3 Å². The largest absolute Gasteiger partial charge is 0.488 e. The van der Waals surface area contributed by atoms with E-state index in [1.807, 2.05) is 24.3 Å². The second kappa shape index (κ2) is 9.17. The van der Waals surface area contributed by atoms with E-state index in [0.29, 0.717) is 43.7 Å². The summed E-state index contributed by atoms with van der Waals surface area (Å²) >= 11 is 0. The van der Waals surface area contributed by atoms with Crippen molar-refractivity contribution in [1.82, 2.24) is 4.90 Å². The Morgan fingerprint density at radius 2 is 1.72 bits per heavy atom. The number of carboxylic acid groups (broad SMARTS) is 1. The molecule has 0 spiro atoms. The van der Waals surface area contributed by atoms with Gasteiger partial charge in [0.15, 0.2) is 0 Å². The van der Waals surface area contributed by atoms with Gasteiger partial charge in [0.1, 0.15) is 5.75 Å². The summed E-state index contributed by atoms with van der Waals surface area (Å²) in [5, 5.41) is 11.0. The number of halogens is 3. The Morgan fingerprint density at radius 1 is 1.06 bits per heavy atom. The number of hydrogen-bond donors (Lipinski definition) is 2. The maximum absolute atomic E-state index is 12.9. The van der Waals surface area contributed by atoms with Gasteiger partial charge in [0.25, 0.3) is 0 Å². The van der Waals surface area contributed by atoms with Gasteiger partial charge in [0, 0.05) is 11.9 Å². The normalized spacial score (nSPS) is 23.3. The van der Waals surface area contributed by atoms with E-state index in [0.717, 1.165) is 29.4 Å². The molecule has 174 valence electrons. The zero-order valence-electron chi connectivity index (χ0n) is 17.9. The number of carboxylic acids is 1. The third kappa shape index (κ3) is 5.11. The second-order valence-electron chi connectivity index (χ2n) is 9.05. The van der Waals surface area contributed by atoms with Crippen LogP contribution < -0.4 is 10.5 Å². The molecule has 0 radical (unpaired) electrons. The average molecular weight is 451 g/mol. The van der Waals surface area contributed by atoms with Gasteiger partial charge in [-0.3, -0.25) is 9.69 Å². The molecule has 32 heavy (non-hydrogen) atoms. The van der Waals surface area contributed by atoms with Crippen molar-refractivity contribution in [1.29, 1.82) is 0 Å². The van der Waals surface area contributed by atoms with Gasteiger partial charge in [-0.25, -0.2) is 0 Å². The summed E-state index contributed by atoms with van der Waals surface area (Å²) in [7, 11) is 0. The third-order valence-electron chi connectivity index (χ3n) is 6.86. The number of benzene rings is 2. The maximum Gasteiger partial charge on any atom is 0.391 e. The summed E-state index contributed by atoms with van der Waals surface area (Å²) in [6, 6.07) is 9.79. The van der Waals surface area contributed by atoms with Crippen molar-refractivity contribution in [2.75, 3.05) is 18.8 Å². The molecule has 0 aromatic heterocycles. The minimum Gasteiger partial charge on any atom is -0.488 e. The molecule has 0 bridgehead atoms. The molecule has 4 rings (SSSR count). The van der Waals surface area contributed by atoms with E-state index in [1.165, 1.54) is 0 Å². The highest BCUT2D eigenvalue weighted by atomic mass is 19.4. The number of piperidine rings is 1. The Morgan fingerprint density at radius 3 is 2.34 bits per heavy atom. The quantitative estimate of drug-likeness (QED) is 0.611. The first-order valence-corrected chi connectivity index (χ1v) is 11.2. The van der Waals surface area contributed by atoms with Crippen LogP contribution in [0.15, 0.2) is 30.3 Å². The highest BCUT2D eigenvalue weighted by Gasteiger charge is 2.41. The number of ether oxygens (including phenoxy) is 1. The van der Waals surface area contributed by atoms with Gasteiger partial charge in [-0.1, -0.05) is 18.2 Å². The molecule has 3 N–H and O–H groups in total. The molecule has 0 amide bonds. The van der Waals surface area contributed by atoms with Crippen molar-refractivity contribution >= 4 is 22.4 Å². The first-order valence-electron chi connectivity index (χ1n) is 11.2. The number of nitrogens with zero attached hydrogens (tertiary/aromatic N) is 1. The Labute approximate surface area is 185 Å². The monoisotopic (exact) mass is 450 g/mol. The highest BCUT2D eigenvalue weighted by molar-refractivity contribution is 5.96. The standard InChI is InChI=1S/C24H29F3N2O3/c25-24(26,27)18-4-6-19(7-5-18)32-21-8-3-16-2-1-15(13-20(16)22(21)28)14-29-11-9-17(10-12-29)23(30)31/h1-3,8,13,17-19H,4-7,9-12,14,28H2,(H,30,31). The lowest BCUT2D eigenvalue weighted by molar-refractivity contribution is -0.185. The van der Waals surface area contributed by atoms with Crippen LogP contribution in [0.2, 0.25) is 0 Å². The summed E-state index contributed by atoms with van der Waals surface area (Å²) in [5.74, 6) is -1.70. The van der Waals surface area contributed by atoms with Gasteiger partial charge < -0.3 is 15.6 Å². The number of fused-ring (bicyclic) bond motifs is 1. The van der Waals surface area contributed by atoms with Crippen molar-refractivity contribution in [3.63, 3.8) is 0 Å². The molecule has 5 nitrogen and oxygen atoms in total. The molecule has 1 aliphatic carbocycles. The van der Waals surface area contributed by atoms with Crippen molar-refractivity contribution < 1.29 is 27.8 Å². The predicted molar refractivity (Wildman–Crippen MR) is 116 cm³/mol. The molecule has 2 aromatic rings. The Bertz CT molecular complexity index is 963. The molecule has 0 unspecified atom stereocenters. The minimum absolute atomic E-state index is 0.0877. The number of carbonyl (C=O) groups is 1. The molecule has 2 aliphatic rings. The van der Waals surface area contributed by atoms with Crippen LogP contribution in [0.25, 0.3) is 10.8 Å². The lowest BCUT2D eigenvalue weighted by Crippen LogP contribution is -2.35. The number of nitrogen functional groups attached to an aromatic ring is 1.